The predicted molar refractivity (Wildman–Crippen MR) is 151 cm³/mol. The first-order valence-corrected chi connectivity index (χ1v) is 13.8. The number of nitrogens with one attached hydrogen (secondary N) is 1. The van der Waals surface area contributed by atoms with Crippen molar-refractivity contribution in [2.45, 2.75) is 59.8 Å². The van der Waals surface area contributed by atoms with Gasteiger partial charge in [0.05, 0.1) is 29.8 Å². The second kappa shape index (κ2) is 12.3. The zero-order valence-electron chi connectivity index (χ0n) is 22.6. The summed E-state index contributed by atoms with van der Waals surface area (Å²) in [5.74, 6) is 0.563. The lowest BCUT2D eigenvalue weighted by atomic mass is 9.93. The van der Waals surface area contributed by atoms with Gasteiger partial charge >= 0.3 is 5.97 Å². The van der Waals surface area contributed by atoms with Crippen molar-refractivity contribution < 1.29 is 19.1 Å². The summed E-state index contributed by atoms with van der Waals surface area (Å²) in [6.45, 7) is 10.6. The molecular weight excluding hydrogens is 498 g/mol. The lowest BCUT2D eigenvalue weighted by molar-refractivity contribution is -0.143. The molecule has 0 aromatic heterocycles. The quantitative estimate of drug-likeness (QED) is 0.380. The number of carbonyl (C=O) groups is 2. The molecule has 7 nitrogen and oxygen atoms in total. The van der Waals surface area contributed by atoms with Crippen molar-refractivity contribution in [2.75, 3.05) is 6.54 Å². The maximum atomic E-state index is 13.4. The summed E-state index contributed by atoms with van der Waals surface area (Å²) in [7, 11) is 0. The van der Waals surface area contributed by atoms with Crippen LogP contribution in [0, 0.1) is 5.92 Å². The molecule has 0 fully saturated rings. The number of ether oxygens (including phenoxy) is 2. The van der Waals surface area contributed by atoms with Crippen molar-refractivity contribution in [3.05, 3.63) is 88.1 Å². The van der Waals surface area contributed by atoms with E-state index in [1.807, 2.05) is 85.7 Å². The minimum Gasteiger partial charge on any atom is -0.489 e. The van der Waals surface area contributed by atoms with Crippen LogP contribution in [0.2, 0.25) is 0 Å². The van der Waals surface area contributed by atoms with Gasteiger partial charge in [-0.3, -0.25) is 4.79 Å². The molecule has 0 saturated carbocycles. The number of benzene rings is 2. The van der Waals surface area contributed by atoms with Crippen molar-refractivity contribution >= 4 is 28.8 Å². The van der Waals surface area contributed by atoms with Gasteiger partial charge in [0.25, 0.3) is 0 Å². The lowest BCUT2D eigenvalue weighted by Crippen LogP contribution is -2.38. The van der Waals surface area contributed by atoms with E-state index in [0.29, 0.717) is 36.1 Å². The molecule has 0 aliphatic carbocycles. The average Bonchev–Trinajstić information content (AvgIpc) is 3.27. The molecule has 2 aliphatic rings. The third-order valence-electron chi connectivity index (χ3n) is 6.03. The van der Waals surface area contributed by atoms with E-state index in [1.54, 1.807) is 0 Å². The smallest absolute Gasteiger partial charge is 0.338 e. The van der Waals surface area contributed by atoms with E-state index < -0.39 is 12.0 Å². The Balaban J connectivity index is 1.67. The number of fused-ring (bicyclic) bond motifs is 1. The summed E-state index contributed by atoms with van der Waals surface area (Å²) in [6.07, 6.45) is -0.0931. The summed E-state index contributed by atoms with van der Waals surface area (Å²) in [6, 6.07) is 17.2. The van der Waals surface area contributed by atoms with E-state index in [2.05, 4.69) is 19.2 Å². The Morgan fingerprint density at radius 1 is 1.08 bits per heavy atom. The van der Waals surface area contributed by atoms with Crippen LogP contribution in [0.1, 0.15) is 58.2 Å². The highest BCUT2D eigenvalue weighted by atomic mass is 32.2. The molecule has 0 unspecified atom stereocenters. The summed E-state index contributed by atoms with van der Waals surface area (Å²) in [4.78, 5) is 32.9. The van der Waals surface area contributed by atoms with Crippen molar-refractivity contribution in [2.24, 2.45) is 10.9 Å². The summed E-state index contributed by atoms with van der Waals surface area (Å²) in [5, 5.41) is 5.67. The molecule has 200 valence electrons. The molecule has 2 aliphatic heterocycles. The molecule has 4 rings (SSSR count). The number of esters is 1. The number of rotatable bonds is 10. The second-order valence-electron chi connectivity index (χ2n) is 10.1. The van der Waals surface area contributed by atoms with Crippen molar-refractivity contribution in [1.82, 2.24) is 10.2 Å². The monoisotopic (exact) mass is 533 g/mol. The van der Waals surface area contributed by atoms with E-state index in [9.17, 15) is 9.59 Å². The Hall–Kier alpha value is -3.52. The fourth-order valence-electron chi connectivity index (χ4n) is 4.28. The van der Waals surface area contributed by atoms with Gasteiger partial charge in [-0.05, 0) is 55.4 Å². The average molecular weight is 534 g/mol. The van der Waals surface area contributed by atoms with Gasteiger partial charge in [-0.25, -0.2) is 9.79 Å². The molecule has 0 spiro atoms. The number of amides is 1. The molecule has 1 N–H and O–H groups in total. The van der Waals surface area contributed by atoms with E-state index in [0.717, 1.165) is 22.0 Å². The molecule has 2 heterocycles. The number of nitrogens with zero attached hydrogens (tertiary/aromatic N) is 2. The molecular formula is C30H35N3O4S. The molecule has 0 saturated heterocycles. The van der Waals surface area contributed by atoms with E-state index >= 15 is 0 Å². The predicted octanol–water partition coefficient (Wildman–Crippen LogP) is 5.95. The van der Waals surface area contributed by atoms with Crippen LogP contribution in [0.5, 0.6) is 5.75 Å². The fraction of sp³-hybridized carbons (Fsp3) is 0.367. The Labute approximate surface area is 229 Å². The first-order valence-electron chi connectivity index (χ1n) is 12.9. The molecule has 8 heteroatoms. The highest BCUT2D eigenvalue weighted by Gasteiger charge is 2.41. The molecule has 1 amide bonds. The fourth-order valence-corrected chi connectivity index (χ4v) is 5.25. The molecule has 1 atom stereocenters. The van der Waals surface area contributed by atoms with Gasteiger partial charge in [-0.15, -0.1) is 0 Å². The van der Waals surface area contributed by atoms with Gasteiger partial charge < -0.3 is 19.7 Å². The molecule has 2 aromatic carbocycles. The van der Waals surface area contributed by atoms with Crippen LogP contribution in [-0.2, 0) is 20.9 Å². The zero-order valence-corrected chi connectivity index (χ0v) is 23.4. The summed E-state index contributed by atoms with van der Waals surface area (Å²) in [5.41, 5.74) is 3.77. The standard InChI is InChI=1S/C30H35N3O4S/c1-19(2)16-31-26(34)15-24-18-38-30-32-21(5)27(29(35)37-20(3)4)28(33(24)30)23-12-9-13-25(14-23)36-17-22-10-7-6-8-11-22/h6-14,18-20,28H,15-17H2,1-5H3,(H,31,34)/t28-/m1/s1. The number of aliphatic imine (C=N–C) groups is 1. The maximum Gasteiger partial charge on any atom is 0.338 e. The van der Waals surface area contributed by atoms with E-state index in [4.69, 9.17) is 14.5 Å². The Morgan fingerprint density at radius 2 is 1.84 bits per heavy atom. The normalized spacial score (nSPS) is 16.8. The number of allylic oxidation sites excluding steroid dienone is 1. The largest absolute Gasteiger partial charge is 0.489 e. The SMILES string of the molecule is CC1=C(C(=O)OC(C)C)[C@@H](c2cccc(OCc3ccccc3)c2)N2C(CC(=O)NCC(C)C)=CSC2=N1. The molecule has 38 heavy (non-hydrogen) atoms. The number of hydrogen-bond acceptors (Lipinski definition) is 7. The van der Waals surface area contributed by atoms with Gasteiger partial charge in [0, 0.05) is 12.2 Å². The third-order valence-corrected chi connectivity index (χ3v) is 6.92. The van der Waals surface area contributed by atoms with Crippen LogP contribution in [0.4, 0.5) is 0 Å². The topological polar surface area (TPSA) is 80.2 Å². The van der Waals surface area contributed by atoms with Crippen molar-refractivity contribution in [3.8, 4) is 5.75 Å². The van der Waals surface area contributed by atoms with Crippen LogP contribution >= 0.6 is 11.8 Å². The number of thioether (sulfide) groups is 1. The van der Waals surface area contributed by atoms with E-state index in [1.165, 1.54) is 11.8 Å². The first kappa shape index (κ1) is 27.5. The molecule has 2 aromatic rings. The Morgan fingerprint density at radius 3 is 2.55 bits per heavy atom. The van der Waals surface area contributed by atoms with Gasteiger partial charge in [-0.1, -0.05) is 68.1 Å². The third kappa shape index (κ3) is 6.67. The molecule has 0 bridgehead atoms. The van der Waals surface area contributed by atoms with Crippen molar-refractivity contribution in [3.63, 3.8) is 0 Å². The van der Waals surface area contributed by atoms with Crippen LogP contribution in [0.25, 0.3) is 0 Å². The second-order valence-corrected chi connectivity index (χ2v) is 10.9. The number of hydrogen-bond donors (Lipinski definition) is 1. The molecule has 0 radical (unpaired) electrons. The van der Waals surface area contributed by atoms with Gasteiger partial charge in [0.15, 0.2) is 5.17 Å². The van der Waals surface area contributed by atoms with E-state index in [-0.39, 0.29) is 18.4 Å². The number of amidine groups is 1. The summed E-state index contributed by atoms with van der Waals surface area (Å²) < 4.78 is 11.8. The van der Waals surface area contributed by atoms with Crippen LogP contribution < -0.4 is 10.1 Å². The van der Waals surface area contributed by atoms with Crippen LogP contribution in [0.15, 0.2) is 82.0 Å². The maximum absolute atomic E-state index is 13.4. The lowest BCUT2D eigenvalue weighted by Gasteiger charge is -2.36. The highest BCUT2D eigenvalue weighted by molar-refractivity contribution is 8.16. The minimum atomic E-state index is -0.506. The van der Waals surface area contributed by atoms with Gasteiger partial charge in [-0.2, -0.15) is 0 Å². The zero-order chi connectivity index (χ0) is 27.2. The van der Waals surface area contributed by atoms with Crippen LogP contribution in [0.3, 0.4) is 0 Å². The van der Waals surface area contributed by atoms with Crippen LogP contribution in [-0.4, -0.2) is 34.6 Å². The Bertz CT molecular complexity index is 1270. The highest BCUT2D eigenvalue weighted by Crippen LogP contribution is 2.45. The minimum absolute atomic E-state index is 0.0666. The van der Waals surface area contributed by atoms with Gasteiger partial charge in [0.1, 0.15) is 12.4 Å². The van der Waals surface area contributed by atoms with Crippen molar-refractivity contribution in [1.29, 1.82) is 0 Å². The number of carbonyl (C=O) groups excluding carboxylic acids is 2. The first-order chi connectivity index (χ1) is 18.2. The Kier molecular flexibility index (Phi) is 8.94. The summed E-state index contributed by atoms with van der Waals surface area (Å²) >= 11 is 1.46. The van der Waals surface area contributed by atoms with Gasteiger partial charge in [0.2, 0.25) is 5.91 Å².